The third-order valence-corrected chi connectivity index (χ3v) is 3.54. The molecule has 7 heteroatoms. The second-order valence-electron chi connectivity index (χ2n) is 4.29. The molecule has 0 fully saturated rings. The van der Waals surface area contributed by atoms with Crippen molar-refractivity contribution < 1.29 is 9.11 Å². The van der Waals surface area contributed by atoms with E-state index in [2.05, 4.69) is 4.98 Å². The number of aromatic nitrogens is 2. The van der Waals surface area contributed by atoms with Crippen molar-refractivity contribution in [2.45, 2.75) is 25.3 Å². The molecule has 0 atom stereocenters. The van der Waals surface area contributed by atoms with E-state index in [1.807, 2.05) is 31.2 Å². The lowest BCUT2D eigenvalue weighted by Crippen LogP contribution is -2.08. The van der Waals surface area contributed by atoms with Crippen LogP contribution in [0.15, 0.2) is 35.4 Å². The normalized spacial score (nSPS) is 10.7. The van der Waals surface area contributed by atoms with Gasteiger partial charge in [-0.05, 0) is 24.0 Å². The third-order valence-electron chi connectivity index (χ3n) is 2.80. The standard InChI is InChI=1S/C13H15N3O3S/c1-10-3-5-12(6-4-10)20-19-8-7-15-11(2)14-9-13(15)16(17)18/h3-6,9H,7-8H2,1-2H3. The molecule has 0 bridgehead atoms. The van der Waals surface area contributed by atoms with E-state index < -0.39 is 4.92 Å². The van der Waals surface area contributed by atoms with Crippen LogP contribution in [0.2, 0.25) is 0 Å². The van der Waals surface area contributed by atoms with Crippen LogP contribution in [0.25, 0.3) is 0 Å². The lowest BCUT2D eigenvalue weighted by molar-refractivity contribution is -0.392. The first kappa shape index (κ1) is 14.5. The van der Waals surface area contributed by atoms with Crippen molar-refractivity contribution in [3.8, 4) is 0 Å². The number of aryl methyl sites for hydroxylation is 2. The molecule has 0 radical (unpaired) electrons. The highest BCUT2D eigenvalue weighted by molar-refractivity contribution is 7.94. The summed E-state index contributed by atoms with van der Waals surface area (Å²) >= 11 is 1.27. The summed E-state index contributed by atoms with van der Waals surface area (Å²) in [6, 6.07) is 7.98. The third kappa shape index (κ3) is 3.58. The van der Waals surface area contributed by atoms with E-state index in [4.69, 9.17) is 4.18 Å². The smallest absolute Gasteiger partial charge is 0.342 e. The van der Waals surface area contributed by atoms with Crippen LogP contribution < -0.4 is 0 Å². The van der Waals surface area contributed by atoms with Crippen molar-refractivity contribution in [2.24, 2.45) is 0 Å². The minimum atomic E-state index is -0.437. The molecule has 0 spiro atoms. The largest absolute Gasteiger partial charge is 0.358 e. The molecular formula is C13H15N3O3S. The fourth-order valence-electron chi connectivity index (χ4n) is 1.71. The fraction of sp³-hybridized carbons (Fsp3) is 0.308. The molecule has 6 nitrogen and oxygen atoms in total. The Bertz CT molecular complexity index is 595. The predicted molar refractivity (Wildman–Crippen MR) is 76.6 cm³/mol. The Morgan fingerprint density at radius 2 is 2.05 bits per heavy atom. The number of nitrogens with zero attached hydrogens (tertiary/aromatic N) is 3. The molecule has 0 aliphatic rings. The van der Waals surface area contributed by atoms with Crippen molar-refractivity contribution in [1.82, 2.24) is 9.55 Å². The summed E-state index contributed by atoms with van der Waals surface area (Å²) in [7, 11) is 0. The van der Waals surface area contributed by atoms with Crippen molar-refractivity contribution in [3.05, 3.63) is 52.0 Å². The zero-order valence-electron chi connectivity index (χ0n) is 11.3. The monoisotopic (exact) mass is 293 g/mol. The molecule has 0 saturated carbocycles. The maximum Gasteiger partial charge on any atom is 0.342 e. The van der Waals surface area contributed by atoms with Gasteiger partial charge in [0.1, 0.15) is 12.7 Å². The van der Waals surface area contributed by atoms with Gasteiger partial charge in [-0.15, -0.1) is 0 Å². The summed E-state index contributed by atoms with van der Waals surface area (Å²) in [5, 5.41) is 10.8. The first-order chi connectivity index (χ1) is 9.58. The predicted octanol–water partition coefficient (Wildman–Crippen LogP) is 3.13. The number of nitro groups is 1. The van der Waals surface area contributed by atoms with Crippen LogP contribution in [0.4, 0.5) is 5.82 Å². The van der Waals surface area contributed by atoms with E-state index in [0.29, 0.717) is 19.0 Å². The highest BCUT2D eigenvalue weighted by atomic mass is 32.2. The van der Waals surface area contributed by atoms with Crippen molar-refractivity contribution in [1.29, 1.82) is 0 Å². The minimum Gasteiger partial charge on any atom is -0.358 e. The molecular weight excluding hydrogens is 278 g/mol. The number of rotatable bonds is 6. The Morgan fingerprint density at radius 1 is 1.35 bits per heavy atom. The summed E-state index contributed by atoms with van der Waals surface area (Å²) in [6.07, 6.45) is 1.27. The second-order valence-corrected chi connectivity index (χ2v) is 5.16. The maximum absolute atomic E-state index is 10.8. The van der Waals surface area contributed by atoms with Crippen molar-refractivity contribution in [2.75, 3.05) is 6.61 Å². The van der Waals surface area contributed by atoms with Gasteiger partial charge in [-0.25, -0.2) is 9.55 Å². The lowest BCUT2D eigenvalue weighted by Gasteiger charge is -2.04. The van der Waals surface area contributed by atoms with Crippen LogP contribution in [0, 0.1) is 24.0 Å². The van der Waals surface area contributed by atoms with Gasteiger partial charge in [0.25, 0.3) is 0 Å². The molecule has 2 aromatic rings. The molecule has 106 valence electrons. The van der Waals surface area contributed by atoms with Gasteiger partial charge in [0, 0.05) is 23.9 Å². The van der Waals surface area contributed by atoms with Crippen LogP contribution >= 0.6 is 12.0 Å². The zero-order valence-corrected chi connectivity index (χ0v) is 12.1. The van der Waals surface area contributed by atoms with Gasteiger partial charge in [0.2, 0.25) is 0 Å². The number of benzene rings is 1. The molecule has 1 heterocycles. The fourth-order valence-corrected chi connectivity index (χ4v) is 2.25. The quantitative estimate of drug-likeness (QED) is 0.354. The molecule has 0 aliphatic heterocycles. The van der Waals surface area contributed by atoms with Crippen LogP contribution in [0.5, 0.6) is 0 Å². The Hall–Kier alpha value is -1.86. The van der Waals surface area contributed by atoms with Gasteiger partial charge in [-0.3, -0.25) is 0 Å². The number of hydrogen-bond donors (Lipinski definition) is 0. The Kier molecular flexibility index (Phi) is 4.75. The van der Waals surface area contributed by atoms with Crippen LogP contribution in [0.3, 0.4) is 0 Å². The van der Waals surface area contributed by atoms with E-state index in [1.165, 1.54) is 28.4 Å². The molecule has 0 saturated heterocycles. The summed E-state index contributed by atoms with van der Waals surface area (Å²) in [5.74, 6) is 0.604. The van der Waals surface area contributed by atoms with Gasteiger partial charge in [0.15, 0.2) is 5.82 Å². The lowest BCUT2D eigenvalue weighted by atomic mass is 10.2. The molecule has 0 unspecified atom stereocenters. The molecule has 1 aromatic heterocycles. The second kappa shape index (κ2) is 6.53. The summed E-state index contributed by atoms with van der Waals surface area (Å²) < 4.78 is 7.01. The van der Waals surface area contributed by atoms with Gasteiger partial charge < -0.3 is 14.3 Å². The molecule has 20 heavy (non-hydrogen) atoms. The number of imidazole rings is 1. The molecule has 0 aliphatic carbocycles. The van der Waals surface area contributed by atoms with E-state index >= 15 is 0 Å². The maximum atomic E-state index is 10.8. The summed E-state index contributed by atoms with van der Waals surface area (Å²) in [4.78, 5) is 15.3. The Labute approximate surface area is 121 Å². The highest BCUT2D eigenvalue weighted by Crippen LogP contribution is 2.20. The van der Waals surface area contributed by atoms with Crippen LogP contribution in [-0.2, 0) is 10.7 Å². The van der Waals surface area contributed by atoms with E-state index in [1.54, 1.807) is 6.92 Å². The van der Waals surface area contributed by atoms with Crippen LogP contribution in [-0.4, -0.2) is 21.1 Å². The molecule has 0 N–H and O–H groups in total. The SMILES string of the molecule is Cc1ccc(SOCCn2c([N+](=O)[O-])cnc2C)cc1. The number of hydrogen-bond acceptors (Lipinski definition) is 5. The van der Waals surface area contributed by atoms with Gasteiger partial charge in [-0.1, -0.05) is 17.7 Å². The van der Waals surface area contributed by atoms with Crippen molar-refractivity contribution >= 4 is 17.9 Å². The first-order valence-electron chi connectivity index (χ1n) is 6.10. The van der Waals surface area contributed by atoms with E-state index in [-0.39, 0.29) is 5.82 Å². The van der Waals surface area contributed by atoms with E-state index in [0.717, 1.165) is 4.90 Å². The van der Waals surface area contributed by atoms with Crippen molar-refractivity contribution in [3.63, 3.8) is 0 Å². The topological polar surface area (TPSA) is 70.2 Å². The molecule has 2 rings (SSSR count). The average molecular weight is 293 g/mol. The van der Waals surface area contributed by atoms with Gasteiger partial charge in [0.05, 0.1) is 6.61 Å². The average Bonchev–Trinajstić information content (AvgIpc) is 2.78. The minimum absolute atomic E-state index is 0.00793. The highest BCUT2D eigenvalue weighted by Gasteiger charge is 2.16. The Morgan fingerprint density at radius 3 is 2.70 bits per heavy atom. The zero-order chi connectivity index (χ0) is 14.5. The van der Waals surface area contributed by atoms with E-state index in [9.17, 15) is 10.1 Å². The molecule has 1 aromatic carbocycles. The summed E-state index contributed by atoms with van der Waals surface area (Å²) in [6.45, 7) is 4.54. The Balaban J connectivity index is 1.86. The van der Waals surface area contributed by atoms with Gasteiger partial charge in [-0.2, -0.15) is 0 Å². The van der Waals surface area contributed by atoms with Gasteiger partial charge >= 0.3 is 5.82 Å². The molecule has 0 amide bonds. The first-order valence-corrected chi connectivity index (χ1v) is 6.85. The van der Waals surface area contributed by atoms with Crippen LogP contribution in [0.1, 0.15) is 11.4 Å². The summed E-state index contributed by atoms with van der Waals surface area (Å²) in [5.41, 5.74) is 1.19.